The molecule has 1 aliphatic carbocycles. The fourth-order valence-corrected chi connectivity index (χ4v) is 4.02. The summed E-state index contributed by atoms with van der Waals surface area (Å²) in [4.78, 5) is 0. The molecule has 0 aromatic heterocycles. The van der Waals surface area contributed by atoms with Crippen LogP contribution in [0.3, 0.4) is 0 Å². The fraction of sp³-hybridized carbons (Fsp3) is 0.263. The number of allylic oxidation sites excluding steroid dienone is 2. The summed E-state index contributed by atoms with van der Waals surface area (Å²) in [5, 5.41) is 3.43. The first-order valence-corrected chi connectivity index (χ1v) is 7.92. The normalized spacial score (nSPS) is 26.6. The Morgan fingerprint density at radius 3 is 2.96 bits per heavy atom. The summed E-state index contributed by atoms with van der Waals surface area (Å²) >= 11 is 0. The van der Waals surface area contributed by atoms with Crippen LogP contribution in [0.15, 0.2) is 48.6 Å². The quantitative estimate of drug-likeness (QED) is 0.793. The molecule has 0 saturated carbocycles. The molecule has 116 valence electrons. The van der Waals surface area contributed by atoms with E-state index in [1.165, 1.54) is 6.07 Å². The Hall–Kier alpha value is -2.49. The van der Waals surface area contributed by atoms with E-state index in [0.29, 0.717) is 11.6 Å². The Bertz CT molecular complexity index is 817. The van der Waals surface area contributed by atoms with Crippen LogP contribution in [0.4, 0.5) is 10.1 Å². The van der Waals surface area contributed by atoms with Gasteiger partial charge in [-0.2, -0.15) is 0 Å². The molecule has 0 bridgehead atoms. The molecular formula is C19H16FNO2. The van der Waals surface area contributed by atoms with Gasteiger partial charge in [0.15, 0.2) is 11.5 Å². The van der Waals surface area contributed by atoms with Gasteiger partial charge in [0.1, 0.15) is 5.82 Å². The second kappa shape index (κ2) is 4.75. The lowest BCUT2D eigenvalue weighted by atomic mass is 9.77. The van der Waals surface area contributed by atoms with Crippen molar-refractivity contribution in [1.29, 1.82) is 0 Å². The first kappa shape index (κ1) is 13.0. The van der Waals surface area contributed by atoms with Crippen molar-refractivity contribution in [2.45, 2.75) is 18.4 Å². The van der Waals surface area contributed by atoms with Crippen molar-refractivity contribution in [2.24, 2.45) is 5.92 Å². The lowest BCUT2D eigenvalue weighted by molar-refractivity contribution is 0.174. The van der Waals surface area contributed by atoms with Crippen molar-refractivity contribution < 1.29 is 13.9 Å². The number of halogens is 1. The number of ether oxygens (including phenoxy) is 2. The first-order valence-electron chi connectivity index (χ1n) is 7.92. The van der Waals surface area contributed by atoms with E-state index in [-0.39, 0.29) is 24.6 Å². The van der Waals surface area contributed by atoms with Gasteiger partial charge in [0.05, 0.1) is 11.7 Å². The summed E-state index contributed by atoms with van der Waals surface area (Å²) in [6.45, 7) is 0.266. The monoisotopic (exact) mass is 309 g/mol. The van der Waals surface area contributed by atoms with E-state index >= 15 is 0 Å². The van der Waals surface area contributed by atoms with Crippen LogP contribution >= 0.6 is 0 Å². The topological polar surface area (TPSA) is 30.5 Å². The number of hydrogen-bond donors (Lipinski definition) is 1. The molecule has 0 radical (unpaired) electrons. The van der Waals surface area contributed by atoms with Crippen molar-refractivity contribution in [3.05, 3.63) is 65.5 Å². The third kappa shape index (κ3) is 1.87. The van der Waals surface area contributed by atoms with Crippen molar-refractivity contribution in [3.63, 3.8) is 0 Å². The molecule has 3 nitrogen and oxygen atoms in total. The van der Waals surface area contributed by atoms with Crippen molar-refractivity contribution in [3.8, 4) is 11.5 Å². The van der Waals surface area contributed by atoms with Crippen LogP contribution < -0.4 is 14.8 Å². The first-order chi connectivity index (χ1) is 11.3. The molecular weight excluding hydrogens is 293 g/mol. The van der Waals surface area contributed by atoms with Gasteiger partial charge in [-0.15, -0.1) is 0 Å². The Morgan fingerprint density at radius 1 is 1.09 bits per heavy atom. The highest BCUT2D eigenvalue weighted by Crippen LogP contribution is 2.51. The van der Waals surface area contributed by atoms with Gasteiger partial charge in [-0.25, -0.2) is 4.39 Å². The molecule has 0 amide bonds. The molecule has 2 aromatic carbocycles. The van der Waals surface area contributed by atoms with Gasteiger partial charge in [-0.1, -0.05) is 30.4 Å². The van der Waals surface area contributed by atoms with Crippen LogP contribution in [-0.4, -0.2) is 6.79 Å². The predicted molar refractivity (Wildman–Crippen MR) is 85.3 cm³/mol. The minimum Gasteiger partial charge on any atom is -0.454 e. The van der Waals surface area contributed by atoms with Gasteiger partial charge in [0, 0.05) is 5.92 Å². The second-order valence-corrected chi connectivity index (χ2v) is 6.29. The summed E-state index contributed by atoms with van der Waals surface area (Å²) in [6.07, 6.45) is 5.41. The zero-order chi connectivity index (χ0) is 15.4. The Balaban J connectivity index is 1.60. The zero-order valence-corrected chi connectivity index (χ0v) is 12.5. The molecule has 0 saturated heterocycles. The molecule has 0 unspecified atom stereocenters. The summed E-state index contributed by atoms with van der Waals surface area (Å²) < 4.78 is 25.2. The Labute approximate surface area is 133 Å². The van der Waals surface area contributed by atoms with Gasteiger partial charge >= 0.3 is 0 Å². The highest BCUT2D eigenvalue weighted by atomic mass is 19.1. The third-order valence-electron chi connectivity index (χ3n) is 5.10. The van der Waals surface area contributed by atoms with E-state index in [1.54, 1.807) is 6.07 Å². The van der Waals surface area contributed by atoms with Crippen molar-refractivity contribution >= 4 is 5.69 Å². The largest absolute Gasteiger partial charge is 0.454 e. The van der Waals surface area contributed by atoms with Crippen LogP contribution in [0.2, 0.25) is 0 Å². The highest BCUT2D eigenvalue weighted by Gasteiger charge is 2.39. The lowest BCUT2D eigenvalue weighted by Crippen LogP contribution is -2.29. The minimum absolute atomic E-state index is 0.0638. The van der Waals surface area contributed by atoms with Gasteiger partial charge < -0.3 is 14.8 Å². The van der Waals surface area contributed by atoms with Crippen LogP contribution in [-0.2, 0) is 0 Å². The number of fused-ring (bicyclic) bond motifs is 4. The number of nitrogens with one attached hydrogen (secondary N) is 1. The third-order valence-corrected chi connectivity index (χ3v) is 5.10. The maximum atomic E-state index is 14.3. The molecule has 0 fully saturated rings. The van der Waals surface area contributed by atoms with E-state index in [2.05, 4.69) is 17.5 Å². The maximum absolute atomic E-state index is 14.3. The number of hydrogen-bond acceptors (Lipinski definition) is 3. The predicted octanol–water partition coefficient (Wildman–Crippen LogP) is 4.38. The number of rotatable bonds is 1. The van der Waals surface area contributed by atoms with Crippen LogP contribution in [0.1, 0.15) is 29.5 Å². The number of anilines is 1. The van der Waals surface area contributed by atoms with Gasteiger partial charge in [0.2, 0.25) is 6.79 Å². The van der Waals surface area contributed by atoms with Gasteiger partial charge in [0.25, 0.3) is 0 Å². The highest BCUT2D eigenvalue weighted by molar-refractivity contribution is 5.61. The van der Waals surface area contributed by atoms with E-state index in [0.717, 1.165) is 29.0 Å². The van der Waals surface area contributed by atoms with Crippen LogP contribution in [0.5, 0.6) is 11.5 Å². The summed E-state index contributed by atoms with van der Waals surface area (Å²) in [6, 6.07) is 11.4. The van der Waals surface area contributed by atoms with Crippen LogP contribution in [0, 0.1) is 11.7 Å². The number of benzene rings is 2. The molecule has 4 heteroatoms. The zero-order valence-electron chi connectivity index (χ0n) is 12.5. The Morgan fingerprint density at radius 2 is 2.00 bits per heavy atom. The molecule has 23 heavy (non-hydrogen) atoms. The smallest absolute Gasteiger partial charge is 0.231 e. The van der Waals surface area contributed by atoms with Crippen LogP contribution in [0.25, 0.3) is 0 Å². The van der Waals surface area contributed by atoms with Crippen molar-refractivity contribution in [1.82, 2.24) is 0 Å². The molecule has 0 spiro atoms. The molecule has 2 aliphatic heterocycles. The maximum Gasteiger partial charge on any atom is 0.231 e. The molecule has 2 heterocycles. The average molecular weight is 309 g/mol. The molecule has 5 rings (SSSR count). The van der Waals surface area contributed by atoms with Gasteiger partial charge in [-0.05, 0) is 41.7 Å². The lowest BCUT2D eigenvalue weighted by Gasteiger charge is -2.37. The summed E-state index contributed by atoms with van der Waals surface area (Å²) in [7, 11) is 0. The second-order valence-electron chi connectivity index (χ2n) is 6.29. The molecule has 1 N–H and O–H groups in total. The summed E-state index contributed by atoms with van der Waals surface area (Å²) in [5.74, 6) is 2.01. The van der Waals surface area contributed by atoms with Crippen molar-refractivity contribution in [2.75, 3.05) is 12.1 Å². The van der Waals surface area contributed by atoms with E-state index in [9.17, 15) is 4.39 Å². The fourth-order valence-electron chi connectivity index (χ4n) is 4.02. The van der Waals surface area contributed by atoms with E-state index in [1.807, 2.05) is 24.3 Å². The van der Waals surface area contributed by atoms with E-state index in [4.69, 9.17) is 9.47 Å². The SMILES string of the molecule is Fc1cccc2c1N[C@H](c1ccc3c(c1)OCO3)[C@H]1CC=C[C@H]21. The Kier molecular flexibility index (Phi) is 2.68. The number of para-hydroxylation sites is 1. The summed E-state index contributed by atoms with van der Waals surface area (Å²) in [5.41, 5.74) is 2.80. The average Bonchev–Trinajstić information content (AvgIpc) is 3.23. The standard InChI is InChI=1S/C19H16FNO2/c20-15-6-2-5-14-12-3-1-4-13(12)18(21-19(14)15)11-7-8-16-17(9-11)23-10-22-16/h1-3,5-9,12-13,18,21H,4,10H2/t12-,13-,18+/m0/s1. The molecule has 3 aliphatic rings. The molecule has 2 aromatic rings. The van der Waals surface area contributed by atoms with E-state index < -0.39 is 0 Å². The van der Waals surface area contributed by atoms with Gasteiger partial charge in [-0.3, -0.25) is 0 Å². The minimum atomic E-state index is -0.188. The molecule has 3 atom stereocenters.